The third-order valence-corrected chi connectivity index (χ3v) is 4.62. The van der Waals surface area contributed by atoms with Crippen molar-refractivity contribution in [2.45, 2.75) is 0 Å². The van der Waals surface area contributed by atoms with Crippen LogP contribution in [0.3, 0.4) is 0 Å². The van der Waals surface area contributed by atoms with Gasteiger partial charge in [-0.1, -0.05) is 11.6 Å². The molecule has 9 heteroatoms. The molecule has 2 aromatic carbocycles. The van der Waals surface area contributed by atoms with Crippen molar-refractivity contribution in [3.05, 3.63) is 54.1 Å². The number of hydrogen-bond donors (Lipinski definition) is 1. The quantitative estimate of drug-likeness (QED) is 0.508. The molecule has 0 fully saturated rings. The van der Waals surface area contributed by atoms with Gasteiger partial charge in [0.1, 0.15) is 12.7 Å². The lowest BCUT2D eigenvalue weighted by atomic mass is 10.2. The van der Waals surface area contributed by atoms with Crippen LogP contribution in [-0.4, -0.2) is 40.8 Å². The molecule has 0 saturated carbocycles. The minimum Gasteiger partial charge on any atom is -0.493 e. The van der Waals surface area contributed by atoms with E-state index < -0.39 is 0 Å². The minimum atomic E-state index is 0.514. The number of methoxy groups -OCH3 is 3. The lowest BCUT2D eigenvalue weighted by Gasteiger charge is -2.15. The van der Waals surface area contributed by atoms with Crippen molar-refractivity contribution < 1.29 is 14.2 Å². The molecule has 2 heterocycles. The Balaban J connectivity index is 1.75. The molecule has 0 aliphatic carbocycles. The summed E-state index contributed by atoms with van der Waals surface area (Å²) in [6.45, 7) is 0. The molecule has 29 heavy (non-hydrogen) atoms. The molecule has 8 nitrogen and oxygen atoms in total. The Kier molecular flexibility index (Phi) is 5.09. The van der Waals surface area contributed by atoms with Crippen molar-refractivity contribution in [3.63, 3.8) is 0 Å². The van der Waals surface area contributed by atoms with Crippen molar-refractivity contribution >= 4 is 34.3 Å². The topological polar surface area (TPSA) is 83.3 Å². The third-order valence-electron chi connectivity index (χ3n) is 4.37. The summed E-state index contributed by atoms with van der Waals surface area (Å²) in [4.78, 5) is 13.2. The maximum atomic E-state index is 5.99. The van der Waals surface area contributed by atoms with E-state index in [9.17, 15) is 0 Å². The first-order valence-electron chi connectivity index (χ1n) is 8.65. The first kappa shape index (κ1) is 18.8. The third kappa shape index (κ3) is 3.50. The van der Waals surface area contributed by atoms with Crippen LogP contribution in [0.2, 0.25) is 5.02 Å². The molecular weight excluding hydrogens is 394 g/mol. The number of halogens is 1. The zero-order valence-electron chi connectivity index (χ0n) is 16.0. The Morgan fingerprint density at radius 3 is 2.21 bits per heavy atom. The second kappa shape index (κ2) is 7.84. The van der Waals surface area contributed by atoms with Crippen LogP contribution in [-0.2, 0) is 0 Å². The van der Waals surface area contributed by atoms with E-state index >= 15 is 0 Å². The van der Waals surface area contributed by atoms with Crippen molar-refractivity contribution in [1.29, 1.82) is 0 Å². The Bertz CT molecular complexity index is 1140. The van der Waals surface area contributed by atoms with Crippen molar-refractivity contribution in [1.82, 2.24) is 19.5 Å². The van der Waals surface area contributed by atoms with Crippen LogP contribution < -0.4 is 19.5 Å². The summed E-state index contributed by atoms with van der Waals surface area (Å²) < 4.78 is 18.1. The van der Waals surface area contributed by atoms with Crippen molar-refractivity contribution in [2.24, 2.45) is 0 Å². The Morgan fingerprint density at radius 2 is 1.59 bits per heavy atom. The normalized spacial score (nSPS) is 10.8. The highest BCUT2D eigenvalue weighted by molar-refractivity contribution is 6.30. The second-order valence-corrected chi connectivity index (χ2v) is 6.46. The van der Waals surface area contributed by atoms with E-state index in [2.05, 4.69) is 20.3 Å². The predicted octanol–water partition coefficient (Wildman–Crippen LogP) is 4.24. The zero-order chi connectivity index (χ0) is 20.4. The van der Waals surface area contributed by atoms with Crippen LogP contribution in [0.4, 0.5) is 11.5 Å². The van der Waals surface area contributed by atoms with Gasteiger partial charge in [0.15, 0.2) is 28.5 Å². The number of fused-ring (bicyclic) bond motifs is 1. The summed E-state index contributed by atoms with van der Waals surface area (Å²) in [6.07, 6.45) is 3.18. The molecule has 0 saturated heterocycles. The van der Waals surface area contributed by atoms with E-state index in [1.165, 1.54) is 6.33 Å². The van der Waals surface area contributed by atoms with Gasteiger partial charge in [-0.15, -0.1) is 0 Å². The average Bonchev–Trinajstić information content (AvgIpc) is 3.18. The predicted molar refractivity (Wildman–Crippen MR) is 111 cm³/mol. The molecular formula is C20H18ClN5O3. The summed E-state index contributed by atoms with van der Waals surface area (Å²) in [5, 5.41) is 3.92. The monoisotopic (exact) mass is 411 g/mol. The van der Waals surface area contributed by atoms with Gasteiger partial charge in [0, 0.05) is 28.5 Å². The fourth-order valence-electron chi connectivity index (χ4n) is 3.01. The first-order valence-corrected chi connectivity index (χ1v) is 9.03. The van der Waals surface area contributed by atoms with Gasteiger partial charge in [-0.05, 0) is 24.3 Å². The highest BCUT2D eigenvalue weighted by Gasteiger charge is 2.16. The van der Waals surface area contributed by atoms with Crippen LogP contribution >= 0.6 is 11.6 Å². The molecule has 0 spiro atoms. The van der Waals surface area contributed by atoms with Crippen LogP contribution in [0.25, 0.3) is 16.9 Å². The summed E-state index contributed by atoms with van der Waals surface area (Å²) >= 11 is 5.99. The molecule has 4 rings (SSSR count). The van der Waals surface area contributed by atoms with Gasteiger partial charge in [0.2, 0.25) is 5.75 Å². The van der Waals surface area contributed by atoms with E-state index in [0.29, 0.717) is 44.9 Å². The molecule has 148 valence electrons. The lowest BCUT2D eigenvalue weighted by molar-refractivity contribution is 0.324. The molecule has 0 aliphatic rings. The molecule has 0 unspecified atom stereocenters. The summed E-state index contributed by atoms with van der Waals surface area (Å²) in [6, 6.07) is 11.0. The molecule has 4 aromatic rings. The Morgan fingerprint density at radius 1 is 0.897 bits per heavy atom. The second-order valence-electron chi connectivity index (χ2n) is 6.02. The first-order chi connectivity index (χ1) is 14.1. The zero-order valence-corrected chi connectivity index (χ0v) is 16.8. The van der Waals surface area contributed by atoms with E-state index in [4.69, 9.17) is 25.8 Å². The smallest absolute Gasteiger partial charge is 0.203 e. The van der Waals surface area contributed by atoms with E-state index in [-0.39, 0.29) is 0 Å². The molecule has 0 atom stereocenters. The van der Waals surface area contributed by atoms with Gasteiger partial charge in [-0.2, -0.15) is 0 Å². The summed E-state index contributed by atoms with van der Waals surface area (Å²) in [5.41, 5.74) is 2.89. The highest BCUT2D eigenvalue weighted by Crippen LogP contribution is 2.40. The maximum absolute atomic E-state index is 5.99. The largest absolute Gasteiger partial charge is 0.493 e. The van der Waals surface area contributed by atoms with Crippen LogP contribution in [0.15, 0.2) is 49.1 Å². The number of imidazole rings is 1. The average molecular weight is 412 g/mol. The number of nitrogens with zero attached hydrogens (tertiary/aromatic N) is 4. The minimum absolute atomic E-state index is 0.514. The summed E-state index contributed by atoms with van der Waals surface area (Å²) in [7, 11) is 4.69. The Labute approximate surface area is 172 Å². The fraction of sp³-hybridized carbons (Fsp3) is 0.150. The van der Waals surface area contributed by atoms with E-state index in [1.807, 2.05) is 28.8 Å². The summed E-state index contributed by atoms with van der Waals surface area (Å²) in [5.74, 6) is 2.13. The van der Waals surface area contributed by atoms with Crippen LogP contribution in [0.1, 0.15) is 0 Å². The number of rotatable bonds is 6. The SMILES string of the molecule is COc1cc(Nc2ncnc3c2ncn3-c2ccc(Cl)cc2)cc(OC)c1OC. The van der Waals surface area contributed by atoms with Gasteiger partial charge >= 0.3 is 0 Å². The van der Waals surface area contributed by atoms with Crippen LogP contribution in [0.5, 0.6) is 17.2 Å². The van der Waals surface area contributed by atoms with Crippen molar-refractivity contribution in [2.75, 3.05) is 26.6 Å². The van der Waals surface area contributed by atoms with Crippen LogP contribution in [0, 0.1) is 0 Å². The van der Waals surface area contributed by atoms with Crippen molar-refractivity contribution in [3.8, 4) is 22.9 Å². The lowest BCUT2D eigenvalue weighted by Crippen LogP contribution is -2.00. The van der Waals surface area contributed by atoms with Gasteiger partial charge < -0.3 is 19.5 Å². The molecule has 1 N–H and O–H groups in total. The van der Waals surface area contributed by atoms with Gasteiger partial charge in [-0.25, -0.2) is 15.0 Å². The molecule has 0 amide bonds. The number of aromatic nitrogens is 4. The van der Waals surface area contributed by atoms with Gasteiger partial charge in [0.25, 0.3) is 0 Å². The molecule has 0 bridgehead atoms. The van der Waals surface area contributed by atoms with E-state index in [0.717, 1.165) is 5.69 Å². The number of anilines is 2. The number of ether oxygens (including phenoxy) is 3. The molecule has 2 aromatic heterocycles. The Hall–Kier alpha value is -3.52. The fourth-order valence-corrected chi connectivity index (χ4v) is 3.13. The van der Waals surface area contributed by atoms with E-state index in [1.54, 1.807) is 39.8 Å². The van der Waals surface area contributed by atoms with Gasteiger partial charge in [0.05, 0.1) is 21.3 Å². The number of benzene rings is 2. The number of nitrogens with one attached hydrogen (secondary N) is 1. The maximum Gasteiger partial charge on any atom is 0.203 e. The molecule has 0 radical (unpaired) electrons. The standard InChI is InChI=1S/C20H18ClN5O3/c1-27-15-8-13(9-16(28-2)18(15)29-3)25-19-17-20(23-10-22-19)26(11-24-17)14-6-4-12(21)5-7-14/h4-11H,1-3H3,(H,22,23,25). The van der Waals surface area contributed by atoms with Gasteiger partial charge in [-0.3, -0.25) is 4.57 Å². The molecule has 0 aliphatic heterocycles. The number of hydrogen-bond acceptors (Lipinski definition) is 7. The highest BCUT2D eigenvalue weighted by atomic mass is 35.5.